The quantitative estimate of drug-likeness (QED) is 0.743. The van der Waals surface area contributed by atoms with Gasteiger partial charge in [-0.15, -0.1) is 0 Å². The highest BCUT2D eigenvalue weighted by Gasteiger charge is 2.31. The third-order valence-corrected chi connectivity index (χ3v) is 3.06. The van der Waals surface area contributed by atoms with Crippen LogP contribution in [-0.4, -0.2) is 53.9 Å². The normalized spacial score (nSPS) is 14.3. The minimum absolute atomic E-state index is 0.0306. The molecular formula is C14H25N5O2. The first-order chi connectivity index (χ1) is 10.1. The van der Waals surface area contributed by atoms with E-state index in [4.69, 9.17) is 9.47 Å². The van der Waals surface area contributed by atoms with Crippen LogP contribution in [0.3, 0.4) is 0 Å². The van der Waals surface area contributed by atoms with E-state index >= 15 is 0 Å². The molecule has 1 fully saturated rings. The molecule has 1 heterocycles. The van der Waals surface area contributed by atoms with Gasteiger partial charge in [0, 0.05) is 26.2 Å². The van der Waals surface area contributed by atoms with Crippen molar-refractivity contribution in [2.75, 3.05) is 37.0 Å². The molecule has 21 heavy (non-hydrogen) atoms. The van der Waals surface area contributed by atoms with E-state index in [1.807, 2.05) is 20.8 Å². The predicted molar refractivity (Wildman–Crippen MR) is 82.0 cm³/mol. The van der Waals surface area contributed by atoms with Gasteiger partial charge in [0.05, 0.1) is 12.7 Å². The van der Waals surface area contributed by atoms with Crippen LogP contribution < -0.4 is 15.0 Å². The summed E-state index contributed by atoms with van der Waals surface area (Å²) in [6.07, 6.45) is 2.38. The SMILES string of the molecule is CCNc1nc(OC(C)C)nc(N(CCOC)C2CC2)n1. The minimum atomic E-state index is 0.0306. The summed E-state index contributed by atoms with van der Waals surface area (Å²) < 4.78 is 10.8. The monoisotopic (exact) mass is 295 g/mol. The van der Waals surface area contributed by atoms with E-state index in [1.165, 1.54) is 12.8 Å². The first kappa shape index (κ1) is 15.8. The number of methoxy groups -OCH3 is 1. The molecule has 1 saturated carbocycles. The molecule has 7 nitrogen and oxygen atoms in total. The van der Waals surface area contributed by atoms with E-state index in [0.717, 1.165) is 13.1 Å². The number of hydrogen-bond donors (Lipinski definition) is 1. The van der Waals surface area contributed by atoms with Gasteiger partial charge in [0.1, 0.15) is 0 Å². The van der Waals surface area contributed by atoms with Gasteiger partial charge in [-0.3, -0.25) is 0 Å². The fourth-order valence-corrected chi connectivity index (χ4v) is 2.00. The Bertz CT molecular complexity index is 451. The highest BCUT2D eigenvalue weighted by Crippen LogP contribution is 2.30. The van der Waals surface area contributed by atoms with Gasteiger partial charge in [-0.2, -0.15) is 15.0 Å². The molecule has 0 aliphatic heterocycles. The zero-order valence-electron chi connectivity index (χ0n) is 13.3. The summed E-state index contributed by atoms with van der Waals surface area (Å²) >= 11 is 0. The van der Waals surface area contributed by atoms with Crippen molar-refractivity contribution in [3.63, 3.8) is 0 Å². The average Bonchev–Trinajstić information content (AvgIpc) is 3.23. The lowest BCUT2D eigenvalue weighted by molar-refractivity contribution is 0.204. The molecular weight excluding hydrogens is 270 g/mol. The fraction of sp³-hybridized carbons (Fsp3) is 0.786. The Morgan fingerprint density at radius 1 is 1.29 bits per heavy atom. The molecule has 1 N–H and O–H groups in total. The average molecular weight is 295 g/mol. The molecule has 1 aliphatic carbocycles. The Morgan fingerprint density at radius 2 is 2.05 bits per heavy atom. The third kappa shape index (κ3) is 4.70. The van der Waals surface area contributed by atoms with Gasteiger partial charge in [0.2, 0.25) is 11.9 Å². The molecule has 0 atom stereocenters. The van der Waals surface area contributed by atoms with Gasteiger partial charge < -0.3 is 19.7 Å². The van der Waals surface area contributed by atoms with Crippen LogP contribution in [0.2, 0.25) is 0 Å². The Morgan fingerprint density at radius 3 is 2.62 bits per heavy atom. The number of ether oxygens (including phenoxy) is 2. The number of aromatic nitrogens is 3. The highest BCUT2D eigenvalue weighted by molar-refractivity contribution is 5.40. The minimum Gasteiger partial charge on any atom is -0.461 e. The van der Waals surface area contributed by atoms with E-state index in [9.17, 15) is 0 Å². The molecule has 7 heteroatoms. The van der Waals surface area contributed by atoms with Crippen LogP contribution in [0.1, 0.15) is 33.6 Å². The molecule has 0 unspecified atom stereocenters. The lowest BCUT2D eigenvalue weighted by Crippen LogP contribution is -2.31. The Balaban J connectivity index is 2.23. The summed E-state index contributed by atoms with van der Waals surface area (Å²) in [6.45, 7) is 8.11. The van der Waals surface area contributed by atoms with E-state index in [0.29, 0.717) is 30.6 Å². The van der Waals surface area contributed by atoms with E-state index in [-0.39, 0.29) is 6.10 Å². The third-order valence-electron chi connectivity index (χ3n) is 3.06. The Labute approximate surface area is 126 Å². The first-order valence-corrected chi connectivity index (χ1v) is 7.56. The van der Waals surface area contributed by atoms with Crippen molar-refractivity contribution >= 4 is 11.9 Å². The smallest absolute Gasteiger partial charge is 0.323 e. The molecule has 0 spiro atoms. The number of nitrogens with one attached hydrogen (secondary N) is 1. The summed E-state index contributed by atoms with van der Waals surface area (Å²) in [5, 5.41) is 3.13. The van der Waals surface area contributed by atoms with Crippen molar-refractivity contribution in [2.45, 2.75) is 45.8 Å². The molecule has 0 bridgehead atoms. The van der Waals surface area contributed by atoms with Crippen molar-refractivity contribution in [2.24, 2.45) is 0 Å². The number of anilines is 2. The van der Waals surface area contributed by atoms with Crippen molar-refractivity contribution < 1.29 is 9.47 Å². The van der Waals surface area contributed by atoms with Crippen molar-refractivity contribution in [1.29, 1.82) is 0 Å². The molecule has 0 saturated heterocycles. The van der Waals surface area contributed by atoms with Gasteiger partial charge in [0.25, 0.3) is 0 Å². The van der Waals surface area contributed by atoms with Crippen LogP contribution >= 0.6 is 0 Å². The summed E-state index contributed by atoms with van der Waals surface area (Å²) in [4.78, 5) is 15.4. The van der Waals surface area contributed by atoms with Gasteiger partial charge in [-0.05, 0) is 33.6 Å². The van der Waals surface area contributed by atoms with E-state index in [2.05, 4.69) is 25.2 Å². The van der Waals surface area contributed by atoms with Crippen LogP contribution in [0, 0.1) is 0 Å². The van der Waals surface area contributed by atoms with Crippen LogP contribution in [0.4, 0.5) is 11.9 Å². The maximum atomic E-state index is 5.64. The highest BCUT2D eigenvalue weighted by atomic mass is 16.5. The van der Waals surface area contributed by atoms with E-state index < -0.39 is 0 Å². The van der Waals surface area contributed by atoms with Crippen molar-refractivity contribution in [1.82, 2.24) is 15.0 Å². The largest absolute Gasteiger partial charge is 0.461 e. The second-order valence-electron chi connectivity index (χ2n) is 5.36. The van der Waals surface area contributed by atoms with Gasteiger partial charge in [-0.1, -0.05) is 0 Å². The molecule has 1 aromatic heterocycles. The Hall–Kier alpha value is -1.63. The number of hydrogen-bond acceptors (Lipinski definition) is 7. The fourth-order valence-electron chi connectivity index (χ4n) is 2.00. The van der Waals surface area contributed by atoms with Crippen molar-refractivity contribution in [3.8, 4) is 6.01 Å². The van der Waals surface area contributed by atoms with Crippen molar-refractivity contribution in [3.05, 3.63) is 0 Å². The molecule has 1 aliphatic rings. The molecule has 0 aromatic carbocycles. The lowest BCUT2D eigenvalue weighted by atomic mass is 10.5. The molecule has 0 amide bonds. The molecule has 2 rings (SSSR count). The molecule has 1 aromatic rings. The summed E-state index contributed by atoms with van der Waals surface area (Å²) in [7, 11) is 1.70. The first-order valence-electron chi connectivity index (χ1n) is 7.56. The van der Waals surface area contributed by atoms with Crippen LogP contribution in [0.15, 0.2) is 0 Å². The summed E-state index contributed by atoms with van der Waals surface area (Å²) in [6, 6.07) is 0.873. The standard InChI is InChI=1S/C14H25N5O2/c1-5-15-12-16-13(18-14(17-12)21-10(2)3)19(8-9-20-4)11-6-7-11/h10-11H,5-9H2,1-4H3,(H,15,16,17,18). The van der Waals surface area contributed by atoms with Crippen LogP contribution in [0.5, 0.6) is 6.01 Å². The molecule has 118 valence electrons. The zero-order valence-corrected chi connectivity index (χ0v) is 13.3. The second-order valence-corrected chi connectivity index (χ2v) is 5.36. The van der Waals surface area contributed by atoms with Crippen LogP contribution in [0.25, 0.3) is 0 Å². The summed E-state index contributed by atoms with van der Waals surface area (Å²) in [5.41, 5.74) is 0. The van der Waals surface area contributed by atoms with Gasteiger partial charge in [0.15, 0.2) is 0 Å². The Kier molecular flexibility index (Phi) is 5.55. The topological polar surface area (TPSA) is 72.4 Å². The second kappa shape index (κ2) is 7.40. The van der Waals surface area contributed by atoms with Gasteiger partial charge >= 0.3 is 6.01 Å². The van der Waals surface area contributed by atoms with E-state index in [1.54, 1.807) is 7.11 Å². The summed E-state index contributed by atoms with van der Waals surface area (Å²) in [5.74, 6) is 1.22. The van der Waals surface area contributed by atoms with Crippen LogP contribution in [-0.2, 0) is 4.74 Å². The molecule has 0 radical (unpaired) electrons. The van der Waals surface area contributed by atoms with Gasteiger partial charge in [-0.25, -0.2) is 0 Å². The lowest BCUT2D eigenvalue weighted by Gasteiger charge is -2.22. The maximum absolute atomic E-state index is 5.64. The maximum Gasteiger partial charge on any atom is 0.323 e. The number of rotatable bonds is 9. The zero-order chi connectivity index (χ0) is 15.2. The predicted octanol–water partition coefficient (Wildman–Crippen LogP) is 1.71. The number of nitrogens with zero attached hydrogens (tertiary/aromatic N) is 4.